The molecule has 0 saturated heterocycles. The zero-order valence-electron chi connectivity index (χ0n) is 10.4. The molecule has 0 heterocycles. The smallest absolute Gasteiger partial charge is 0.0395 e. The lowest BCUT2D eigenvalue weighted by molar-refractivity contribution is 1.38. The highest BCUT2D eigenvalue weighted by molar-refractivity contribution is 5.85. The van der Waals surface area contributed by atoms with Gasteiger partial charge in [0.25, 0.3) is 0 Å². The standard InChI is InChI=1S/C14H16N2.2ClH/c1-9-5-10(2)7-11(6-9)13-8-12(15)3-4-14(13)16;;/h3-8H,15-16H2,1-2H3;2*1H. The summed E-state index contributed by atoms with van der Waals surface area (Å²) >= 11 is 0. The Morgan fingerprint density at radius 1 is 0.778 bits per heavy atom. The van der Waals surface area contributed by atoms with E-state index >= 15 is 0 Å². The van der Waals surface area contributed by atoms with E-state index in [1.54, 1.807) is 0 Å². The summed E-state index contributed by atoms with van der Waals surface area (Å²) in [6.45, 7) is 4.16. The SMILES string of the molecule is Cc1cc(C)cc(-c2cc(N)ccc2N)c1.Cl.Cl. The first-order valence-corrected chi connectivity index (χ1v) is 5.30. The average Bonchev–Trinajstić information content (AvgIpc) is 2.20. The normalized spacial score (nSPS) is 9.22. The minimum absolute atomic E-state index is 0. The van der Waals surface area contributed by atoms with Crippen molar-refractivity contribution >= 4 is 36.2 Å². The Balaban J connectivity index is 0.00000144. The highest BCUT2D eigenvalue weighted by Gasteiger charge is 2.04. The summed E-state index contributed by atoms with van der Waals surface area (Å²) in [5.41, 5.74) is 17.9. The van der Waals surface area contributed by atoms with E-state index in [1.165, 1.54) is 11.1 Å². The molecule has 0 aliphatic carbocycles. The van der Waals surface area contributed by atoms with Crippen molar-refractivity contribution in [3.63, 3.8) is 0 Å². The van der Waals surface area contributed by atoms with Gasteiger partial charge in [-0.3, -0.25) is 0 Å². The van der Waals surface area contributed by atoms with Gasteiger partial charge >= 0.3 is 0 Å². The van der Waals surface area contributed by atoms with E-state index < -0.39 is 0 Å². The van der Waals surface area contributed by atoms with Gasteiger partial charge in [0.05, 0.1) is 0 Å². The predicted octanol–water partition coefficient (Wildman–Crippen LogP) is 3.98. The number of rotatable bonds is 1. The number of aryl methyl sites for hydroxylation is 2. The van der Waals surface area contributed by atoms with Gasteiger partial charge in [-0.1, -0.05) is 29.3 Å². The van der Waals surface area contributed by atoms with E-state index in [9.17, 15) is 0 Å². The van der Waals surface area contributed by atoms with Gasteiger partial charge in [0.15, 0.2) is 0 Å². The lowest BCUT2D eigenvalue weighted by Gasteiger charge is -2.09. The molecule has 0 aliphatic heterocycles. The van der Waals surface area contributed by atoms with Crippen molar-refractivity contribution in [1.82, 2.24) is 0 Å². The van der Waals surface area contributed by atoms with Gasteiger partial charge in [0.1, 0.15) is 0 Å². The Labute approximate surface area is 120 Å². The molecule has 2 aromatic rings. The van der Waals surface area contributed by atoms with E-state index in [0.29, 0.717) is 0 Å². The van der Waals surface area contributed by atoms with Crippen LogP contribution in [0.1, 0.15) is 11.1 Å². The number of halogens is 2. The lowest BCUT2D eigenvalue weighted by atomic mass is 9.99. The molecule has 4 heteroatoms. The van der Waals surface area contributed by atoms with E-state index in [2.05, 4.69) is 32.0 Å². The number of nitrogens with two attached hydrogens (primary N) is 2. The molecule has 0 spiro atoms. The zero-order valence-corrected chi connectivity index (χ0v) is 12.1. The van der Waals surface area contributed by atoms with Gasteiger partial charge in [-0.25, -0.2) is 0 Å². The monoisotopic (exact) mass is 284 g/mol. The maximum atomic E-state index is 5.97. The Kier molecular flexibility index (Phi) is 6.02. The second-order valence-corrected chi connectivity index (χ2v) is 4.22. The fourth-order valence-electron chi connectivity index (χ4n) is 1.95. The number of anilines is 2. The minimum Gasteiger partial charge on any atom is -0.399 e. The van der Waals surface area contributed by atoms with E-state index in [-0.39, 0.29) is 24.8 Å². The molecule has 18 heavy (non-hydrogen) atoms. The molecule has 0 amide bonds. The van der Waals surface area contributed by atoms with Crippen LogP contribution in [-0.4, -0.2) is 0 Å². The molecule has 0 bridgehead atoms. The third-order valence-electron chi connectivity index (χ3n) is 2.61. The Hall–Kier alpha value is -1.38. The van der Waals surface area contributed by atoms with Crippen LogP contribution in [0.15, 0.2) is 36.4 Å². The van der Waals surface area contributed by atoms with E-state index in [0.717, 1.165) is 22.5 Å². The summed E-state index contributed by atoms with van der Waals surface area (Å²) in [6.07, 6.45) is 0. The number of hydrogen-bond acceptors (Lipinski definition) is 2. The number of benzene rings is 2. The molecule has 0 saturated carbocycles. The van der Waals surface area contributed by atoms with E-state index in [4.69, 9.17) is 11.5 Å². The van der Waals surface area contributed by atoms with Crippen LogP contribution in [0, 0.1) is 13.8 Å². The van der Waals surface area contributed by atoms with Crippen molar-refractivity contribution in [2.45, 2.75) is 13.8 Å². The van der Waals surface area contributed by atoms with Crippen molar-refractivity contribution in [3.05, 3.63) is 47.5 Å². The molecule has 2 nitrogen and oxygen atoms in total. The summed E-state index contributed by atoms with van der Waals surface area (Å²) in [5.74, 6) is 0. The molecule has 0 aromatic heterocycles. The van der Waals surface area contributed by atoms with Crippen LogP contribution in [0.2, 0.25) is 0 Å². The molecule has 0 aliphatic rings. The summed E-state index contributed by atoms with van der Waals surface area (Å²) in [4.78, 5) is 0. The second kappa shape index (κ2) is 6.53. The summed E-state index contributed by atoms with van der Waals surface area (Å²) < 4.78 is 0. The van der Waals surface area contributed by atoms with Crippen LogP contribution < -0.4 is 11.5 Å². The molecule has 4 N–H and O–H groups in total. The summed E-state index contributed by atoms with van der Waals surface area (Å²) in [7, 11) is 0. The van der Waals surface area contributed by atoms with Gasteiger partial charge in [-0.05, 0) is 37.6 Å². The fourth-order valence-corrected chi connectivity index (χ4v) is 1.95. The van der Waals surface area contributed by atoms with Gasteiger partial charge in [-0.15, -0.1) is 24.8 Å². The average molecular weight is 285 g/mol. The topological polar surface area (TPSA) is 52.0 Å². The van der Waals surface area contributed by atoms with Crippen LogP contribution in [0.25, 0.3) is 11.1 Å². The van der Waals surface area contributed by atoms with Gasteiger partial charge in [0.2, 0.25) is 0 Å². The molecule has 0 atom stereocenters. The van der Waals surface area contributed by atoms with Crippen molar-refractivity contribution in [2.24, 2.45) is 0 Å². The van der Waals surface area contributed by atoms with Crippen LogP contribution in [0.3, 0.4) is 0 Å². The highest BCUT2D eigenvalue weighted by atomic mass is 35.5. The summed E-state index contributed by atoms with van der Waals surface area (Å²) in [6, 6.07) is 12.0. The molecule has 98 valence electrons. The quantitative estimate of drug-likeness (QED) is 0.779. The maximum Gasteiger partial charge on any atom is 0.0395 e. The van der Waals surface area contributed by atoms with Crippen molar-refractivity contribution in [2.75, 3.05) is 11.5 Å². The largest absolute Gasteiger partial charge is 0.399 e. The lowest BCUT2D eigenvalue weighted by Crippen LogP contribution is -1.93. The fraction of sp³-hybridized carbons (Fsp3) is 0.143. The highest BCUT2D eigenvalue weighted by Crippen LogP contribution is 2.29. The third-order valence-corrected chi connectivity index (χ3v) is 2.61. The predicted molar refractivity (Wildman–Crippen MR) is 84.7 cm³/mol. The second-order valence-electron chi connectivity index (χ2n) is 4.22. The van der Waals surface area contributed by atoms with Crippen LogP contribution in [-0.2, 0) is 0 Å². The van der Waals surface area contributed by atoms with E-state index in [1.807, 2.05) is 18.2 Å². The molecular weight excluding hydrogens is 267 g/mol. The molecule has 2 aromatic carbocycles. The first kappa shape index (κ1) is 16.6. The van der Waals surface area contributed by atoms with Crippen LogP contribution in [0.4, 0.5) is 11.4 Å². The van der Waals surface area contributed by atoms with Gasteiger partial charge in [-0.2, -0.15) is 0 Å². The minimum atomic E-state index is 0. The molecule has 2 rings (SSSR count). The third kappa shape index (κ3) is 3.56. The molecule has 0 fully saturated rings. The first-order chi connectivity index (χ1) is 7.56. The van der Waals surface area contributed by atoms with Crippen LogP contribution in [0.5, 0.6) is 0 Å². The van der Waals surface area contributed by atoms with Crippen molar-refractivity contribution in [1.29, 1.82) is 0 Å². The Morgan fingerprint density at radius 2 is 1.33 bits per heavy atom. The number of hydrogen-bond donors (Lipinski definition) is 2. The number of nitrogen functional groups attached to an aromatic ring is 2. The van der Waals surface area contributed by atoms with Gasteiger partial charge < -0.3 is 11.5 Å². The first-order valence-electron chi connectivity index (χ1n) is 5.30. The zero-order chi connectivity index (χ0) is 11.7. The molecule has 0 unspecified atom stereocenters. The maximum absolute atomic E-state index is 5.97. The molecular formula is C14H18Cl2N2. The van der Waals surface area contributed by atoms with Crippen molar-refractivity contribution in [3.8, 4) is 11.1 Å². The Bertz CT molecular complexity index is 519. The van der Waals surface area contributed by atoms with Gasteiger partial charge in [0, 0.05) is 16.9 Å². The van der Waals surface area contributed by atoms with Crippen molar-refractivity contribution < 1.29 is 0 Å². The Morgan fingerprint density at radius 3 is 1.89 bits per heavy atom. The summed E-state index contributed by atoms with van der Waals surface area (Å²) in [5, 5.41) is 0. The molecule has 0 radical (unpaired) electrons. The van der Waals surface area contributed by atoms with Crippen LogP contribution >= 0.6 is 24.8 Å².